The van der Waals surface area contributed by atoms with Crippen molar-refractivity contribution < 1.29 is 9.90 Å². The number of hydrogen-bond donors (Lipinski definition) is 1. The standard InChI is InChI=1S/C12H12N2O2S/c13-5-9-8-2-1-3-10(8)17-12(9)14-6-7(15)4-11(14)16/h7,15H,1-4,6H2. The van der Waals surface area contributed by atoms with E-state index >= 15 is 0 Å². The highest BCUT2D eigenvalue weighted by molar-refractivity contribution is 7.16. The second-order valence-corrected chi connectivity index (χ2v) is 5.60. The second kappa shape index (κ2) is 3.83. The molecule has 1 N–H and O–H groups in total. The molecule has 0 radical (unpaired) electrons. The molecule has 5 heteroatoms. The van der Waals surface area contributed by atoms with E-state index in [9.17, 15) is 15.2 Å². The molecular formula is C12H12N2O2S. The molecule has 1 amide bonds. The van der Waals surface area contributed by atoms with E-state index in [1.165, 1.54) is 4.88 Å². The molecule has 3 rings (SSSR count). The summed E-state index contributed by atoms with van der Waals surface area (Å²) < 4.78 is 0. The molecule has 88 valence electrons. The third-order valence-corrected chi connectivity index (χ3v) is 4.68. The maximum absolute atomic E-state index is 11.7. The Morgan fingerprint density at radius 2 is 2.29 bits per heavy atom. The van der Waals surface area contributed by atoms with E-state index in [2.05, 4.69) is 6.07 Å². The first-order valence-electron chi connectivity index (χ1n) is 5.73. The number of thiophene rings is 1. The van der Waals surface area contributed by atoms with Gasteiger partial charge in [-0.25, -0.2) is 0 Å². The fourth-order valence-electron chi connectivity index (χ4n) is 2.58. The van der Waals surface area contributed by atoms with E-state index in [0.29, 0.717) is 12.1 Å². The zero-order chi connectivity index (χ0) is 12.0. The van der Waals surface area contributed by atoms with E-state index in [0.717, 1.165) is 29.8 Å². The number of β-amino-alcohol motifs (C(OH)–C–C–N with tert-alkyl or cyclic N) is 1. The molecule has 1 aliphatic carbocycles. The van der Waals surface area contributed by atoms with Crippen LogP contribution in [0.1, 0.15) is 28.8 Å². The van der Waals surface area contributed by atoms with Gasteiger partial charge in [-0.1, -0.05) is 0 Å². The predicted octanol–water partition coefficient (Wildman–Crippen LogP) is 1.21. The van der Waals surface area contributed by atoms with Gasteiger partial charge in [0, 0.05) is 4.88 Å². The van der Waals surface area contributed by atoms with Gasteiger partial charge in [0.15, 0.2) is 0 Å². The van der Waals surface area contributed by atoms with Crippen molar-refractivity contribution >= 4 is 22.2 Å². The number of amides is 1. The van der Waals surface area contributed by atoms with Crippen LogP contribution in [0, 0.1) is 11.3 Å². The number of fused-ring (bicyclic) bond motifs is 1. The highest BCUT2D eigenvalue weighted by atomic mass is 32.1. The molecular weight excluding hydrogens is 236 g/mol. The van der Waals surface area contributed by atoms with Crippen molar-refractivity contribution in [2.24, 2.45) is 0 Å². The molecule has 0 spiro atoms. The van der Waals surface area contributed by atoms with Gasteiger partial charge in [0.1, 0.15) is 11.1 Å². The Labute approximate surface area is 103 Å². The van der Waals surface area contributed by atoms with Crippen molar-refractivity contribution in [2.45, 2.75) is 31.8 Å². The third kappa shape index (κ3) is 1.56. The minimum atomic E-state index is -0.592. The van der Waals surface area contributed by atoms with Gasteiger partial charge in [0.05, 0.1) is 24.6 Å². The molecule has 1 fully saturated rings. The number of aryl methyl sites for hydroxylation is 1. The van der Waals surface area contributed by atoms with Crippen LogP contribution in [0.5, 0.6) is 0 Å². The largest absolute Gasteiger partial charge is 0.391 e. The van der Waals surface area contributed by atoms with Gasteiger partial charge >= 0.3 is 0 Å². The Balaban J connectivity index is 2.05. The van der Waals surface area contributed by atoms with Crippen LogP contribution in [-0.4, -0.2) is 23.7 Å². The first kappa shape index (κ1) is 10.8. The average molecular weight is 248 g/mol. The van der Waals surface area contributed by atoms with Crippen LogP contribution in [0.25, 0.3) is 0 Å². The number of anilines is 1. The highest BCUT2D eigenvalue weighted by Crippen LogP contribution is 2.41. The van der Waals surface area contributed by atoms with Crippen LogP contribution < -0.4 is 4.90 Å². The summed E-state index contributed by atoms with van der Waals surface area (Å²) in [5.74, 6) is -0.0751. The molecule has 1 aliphatic heterocycles. The lowest BCUT2D eigenvalue weighted by Gasteiger charge is -2.14. The molecule has 2 heterocycles. The second-order valence-electron chi connectivity index (χ2n) is 4.51. The maximum Gasteiger partial charge on any atom is 0.230 e. The van der Waals surface area contributed by atoms with Crippen molar-refractivity contribution in [3.8, 4) is 6.07 Å². The lowest BCUT2D eigenvalue weighted by molar-refractivity contribution is -0.117. The normalized spacial score (nSPS) is 22.9. The summed E-state index contributed by atoms with van der Waals surface area (Å²) in [6.07, 6.45) is 2.64. The molecule has 0 aromatic carbocycles. The minimum absolute atomic E-state index is 0.0751. The zero-order valence-electron chi connectivity index (χ0n) is 9.27. The Morgan fingerprint density at radius 3 is 2.94 bits per heavy atom. The quantitative estimate of drug-likeness (QED) is 0.812. The number of carbonyl (C=O) groups excluding carboxylic acids is 1. The number of carbonyl (C=O) groups is 1. The molecule has 2 aliphatic rings. The Kier molecular flexibility index (Phi) is 2.42. The van der Waals surface area contributed by atoms with Crippen LogP contribution in [0.3, 0.4) is 0 Å². The molecule has 1 aromatic heterocycles. The Bertz CT molecular complexity index is 529. The van der Waals surface area contributed by atoms with Crippen molar-refractivity contribution in [1.82, 2.24) is 0 Å². The number of rotatable bonds is 1. The smallest absolute Gasteiger partial charge is 0.230 e. The maximum atomic E-state index is 11.7. The third-order valence-electron chi connectivity index (χ3n) is 3.36. The Hall–Kier alpha value is -1.38. The number of hydrogen-bond acceptors (Lipinski definition) is 4. The van der Waals surface area contributed by atoms with Gasteiger partial charge in [0.2, 0.25) is 5.91 Å². The topological polar surface area (TPSA) is 64.3 Å². The van der Waals surface area contributed by atoms with Crippen molar-refractivity contribution in [3.05, 3.63) is 16.0 Å². The van der Waals surface area contributed by atoms with Gasteiger partial charge < -0.3 is 5.11 Å². The van der Waals surface area contributed by atoms with Crippen LogP contribution in [-0.2, 0) is 17.6 Å². The Morgan fingerprint density at radius 1 is 1.47 bits per heavy atom. The van der Waals surface area contributed by atoms with E-state index in [4.69, 9.17) is 0 Å². The van der Waals surface area contributed by atoms with Crippen molar-refractivity contribution in [2.75, 3.05) is 11.4 Å². The van der Waals surface area contributed by atoms with Crippen molar-refractivity contribution in [1.29, 1.82) is 5.26 Å². The highest BCUT2D eigenvalue weighted by Gasteiger charge is 2.34. The zero-order valence-corrected chi connectivity index (χ0v) is 10.1. The van der Waals surface area contributed by atoms with Crippen LogP contribution in [0.2, 0.25) is 0 Å². The molecule has 1 saturated heterocycles. The number of nitriles is 1. The predicted molar refractivity (Wildman–Crippen MR) is 64.0 cm³/mol. The van der Waals surface area contributed by atoms with Crippen molar-refractivity contribution in [3.63, 3.8) is 0 Å². The van der Waals surface area contributed by atoms with E-state index in [-0.39, 0.29) is 12.3 Å². The molecule has 1 aromatic rings. The lowest BCUT2D eigenvalue weighted by Crippen LogP contribution is -2.25. The average Bonchev–Trinajstić information content (AvgIpc) is 2.91. The number of aliphatic hydroxyl groups excluding tert-OH is 1. The van der Waals surface area contributed by atoms with E-state index in [1.54, 1.807) is 16.2 Å². The lowest BCUT2D eigenvalue weighted by atomic mass is 10.1. The van der Waals surface area contributed by atoms with E-state index < -0.39 is 6.10 Å². The van der Waals surface area contributed by atoms with Gasteiger partial charge in [-0.05, 0) is 24.8 Å². The summed E-state index contributed by atoms with van der Waals surface area (Å²) in [6, 6.07) is 2.22. The summed E-state index contributed by atoms with van der Waals surface area (Å²) in [7, 11) is 0. The molecule has 0 bridgehead atoms. The summed E-state index contributed by atoms with van der Waals surface area (Å²) in [6.45, 7) is 0.326. The fourth-order valence-corrected chi connectivity index (χ4v) is 3.94. The summed E-state index contributed by atoms with van der Waals surface area (Å²) in [4.78, 5) is 14.6. The first-order valence-corrected chi connectivity index (χ1v) is 6.55. The minimum Gasteiger partial charge on any atom is -0.391 e. The summed E-state index contributed by atoms with van der Waals surface area (Å²) in [5, 5.41) is 19.5. The fraction of sp³-hybridized carbons (Fsp3) is 0.500. The van der Waals surface area contributed by atoms with E-state index in [1.807, 2.05) is 0 Å². The summed E-state index contributed by atoms with van der Waals surface area (Å²) >= 11 is 1.55. The molecule has 1 atom stereocenters. The van der Waals surface area contributed by atoms with Crippen LogP contribution >= 0.6 is 11.3 Å². The molecule has 0 saturated carbocycles. The van der Waals surface area contributed by atoms with Gasteiger partial charge in [-0.15, -0.1) is 11.3 Å². The number of aliphatic hydroxyl groups is 1. The van der Waals surface area contributed by atoms with Gasteiger partial charge in [0.25, 0.3) is 0 Å². The van der Waals surface area contributed by atoms with Gasteiger partial charge in [-0.3, -0.25) is 9.69 Å². The monoisotopic (exact) mass is 248 g/mol. The number of nitrogens with zero attached hydrogens (tertiary/aromatic N) is 2. The van der Waals surface area contributed by atoms with Gasteiger partial charge in [-0.2, -0.15) is 5.26 Å². The summed E-state index contributed by atoms with van der Waals surface area (Å²) in [5.41, 5.74) is 1.78. The van der Waals surface area contributed by atoms with Crippen LogP contribution in [0.15, 0.2) is 0 Å². The SMILES string of the molecule is N#Cc1c(N2CC(O)CC2=O)sc2c1CCC2. The first-order chi connectivity index (χ1) is 8.20. The van der Waals surface area contributed by atoms with Crippen LogP contribution in [0.4, 0.5) is 5.00 Å². The molecule has 4 nitrogen and oxygen atoms in total. The molecule has 17 heavy (non-hydrogen) atoms. The molecule has 1 unspecified atom stereocenters.